The van der Waals surface area contributed by atoms with E-state index in [0.29, 0.717) is 11.6 Å². The molecule has 0 aliphatic heterocycles. The molecule has 0 aromatic carbocycles. The number of carbonyl (C=O) groups excluding carboxylic acids is 1. The summed E-state index contributed by atoms with van der Waals surface area (Å²) in [5.41, 5.74) is 1.62. The monoisotopic (exact) mass is 281 g/mol. The second-order valence-electron chi connectivity index (χ2n) is 4.29. The van der Waals surface area contributed by atoms with Gasteiger partial charge in [-0.25, -0.2) is 9.97 Å². The first-order chi connectivity index (χ1) is 10.2. The van der Waals surface area contributed by atoms with E-state index in [2.05, 4.69) is 31.5 Å². The van der Waals surface area contributed by atoms with Crippen LogP contribution in [0.15, 0.2) is 30.6 Å². The van der Waals surface area contributed by atoms with Crippen LogP contribution in [0.3, 0.4) is 0 Å². The van der Waals surface area contributed by atoms with Crippen molar-refractivity contribution >= 4 is 11.7 Å². The number of anilines is 1. The number of hydrogen-bond acceptors (Lipinski definition) is 5. The number of aromatic nitrogens is 3. The van der Waals surface area contributed by atoms with Crippen molar-refractivity contribution in [3.8, 4) is 23.7 Å². The largest absolute Gasteiger partial charge is 0.361 e. The molecule has 0 unspecified atom stereocenters. The van der Waals surface area contributed by atoms with Gasteiger partial charge in [0.25, 0.3) is 0 Å². The lowest BCUT2D eigenvalue weighted by atomic mass is 10.2. The van der Waals surface area contributed by atoms with E-state index in [0.717, 1.165) is 11.3 Å². The van der Waals surface area contributed by atoms with Crippen LogP contribution in [-0.2, 0) is 4.79 Å². The fourth-order valence-electron chi connectivity index (χ4n) is 1.67. The molecule has 0 aliphatic rings. The first-order valence-electron chi connectivity index (χ1n) is 6.39. The highest BCUT2D eigenvalue weighted by molar-refractivity contribution is 5.80. The Balaban J connectivity index is 2.09. The molecule has 2 aromatic heterocycles. The molecule has 0 fully saturated rings. The Kier molecular flexibility index (Phi) is 4.83. The van der Waals surface area contributed by atoms with Crippen LogP contribution in [-0.4, -0.2) is 33.9 Å². The highest BCUT2D eigenvalue weighted by Crippen LogP contribution is 2.16. The van der Waals surface area contributed by atoms with Gasteiger partial charge in [0.1, 0.15) is 5.82 Å². The van der Waals surface area contributed by atoms with Gasteiger partial charge >= 0.3 is 0 Å². The van der Waals surface area contributed by atoms with Gasteiger partial charge in [0.05, 0.1) is 13.1 Å². The summed E-state index contributed by atoms with van der Waals surface area (Å²) in [5.74, 6) is 3.30. The molecule has 2 aromatic rings. The number of rotatable bonds is 5. The second-order valence-corrected chi connectivity index (χ2v) is 4.29. The van der Waals surface area contributed by atoms with Crippen molar-refractivity contribution in [3.63, 3.8) is 0 Å². The minimum atomic E-state index is -0.188. The first kappa shape index (κ1) is 14.5. The Morgan fingerprint density at radius 2 is 2.29 bits per heavy atom. The van der Waals surface area contributed by atoms with E-state index in [9.17, 15) is 4.79 Å². The fourth-order valence-corrected chi connectivity index (χ4v) is 1.67. The zero-order valence-electron chi connectivity index (χ0n) is 11.6. The van der Waals surface area contributed by atoms with Gasteiger partial charge in [0.2, 0.25) is 5.91 Å². The van der Waals surface area contributed by atoms with E-state index in [1.165, 1.54) is 0 Å². The quantitative estimate of drug-likeness (QED) is 0.800. The van der Waals surface area contributed by atoms with Crippen LogP contribution in [0.4, 0.5) is 5.82 Å². The molecule has 106 valence electrons. The standard InChI is InChI=1S/C15H15N5O/c1-3-6-17-14(21)10-18-13-8-11(2)19-15(20-13)12-5-4-7-16-9-12/h1,4-5,7-9H,6,10H2,2H3,(H,17,21)(H,18,19,20). The summed E-state index contributed by atoms with van der Waals surface area (Å²) in [6, 6.07) is 5.47. The minimum absolute atomic E-state index is 0.102. The number of nitrogens with zero attached hydrogens (tertiary/aromatic N) is 3. The maximum atomic E-state index is 11.5. The summed E-state index contributed by atoms with van der Waals surface area (Å²) < 4.78 is 0. The number of aryl methyl sites for hydroxylation is 1. The molecule has 2 heterocycles. The number of nitrogens with one attached hydrogen (secondary N) is 2. The molecule has 0 bridgehead atoms. The molecular formula is C15H15N5O. The van der Waals surface area contributed by atoms with Crippen LogP contribution >= 0.6 is 0 Å². The lowest BCUT2D eigenvalue weighted by molar-refractivity contribution is -0.119. The Morgan fingerprint density at radius 1 is 1.43 bits per heavy atom. The molecule has 2 rings (SSSR count). The van der Waals surface area contributed by atoms with Gasteiger partial charge in [0, 0.05) is 29.7 Å². The lowest BCUT2D eigenvalue weighted by Gasteiger charge is -2.08. The number of carbonyl (C=O) groups is 1. The van der Waals surface area contributed by atoms with Gasteiger partial charge in [-0.15, -0.1) is 6.42 Å². The fraction of sp³-hybridized carbons (Fsp3) is 0.200. The Labute approximate surface area is 123 Å². The first-order valence-corrected chi connectivity index (χ1v) is 6.39. The van der Waals surface area contributed by atoms with Crippen molar-refractivity contribution in [2.75, 3.05) is 18.4 Å². The topological polar surface area (TPSA) is 79.8 Å². The average molecular weight is 281 g/mol. The van der Waals surface area contributed by atoms with Crippen LogP contribution in [0.25, 0.3) is 11.4 Å². The maximum absolute atomic E-state index is 11.5. The number of hydrogen-bond donors (Lipinski definition) is 2. The van der Waals surface area contributed by atoms with Gasteiger partial charge in [-0.1, -0.05) is 5.92 Å². The van der Waals surface area contributed by atoms with E-state index in [1.54, 1.807) is 18.5 Å². The highest BCUT2D eigenvalue weighted by Gasteiger charge is 2.06. The van der Waals surface area contributed by atoms with Gasteiger partial charge < -0.3 is 10.6 Å². The van der Waals surface area contributed by atoms with E-state index < -0.39 is 0 Å². The number of amides is 1. The highest BCUT2D eigenvalue weighted by atomic mass is 16.1. The van der Waals surface area contributed by atoms with Crippen LogP contribution in [0, 0.1) is 19.3 Å². The van der Waals surface area contributed by atoms with Gasteiger partial charge in [-0.05, 0) is 19.1 Å². The molecule has 0 saturated carbocycles. The van der Waals surface area contributed by atoms with Crippen molar-refractivity contribution in [1.82, 2.24) is 20.3 Å². The molecule has 1 amide bonds. The zero-order valence-corrected chi connectivity index (χ0v) is 11.6. The summed E-state index contributed by atoms with van der Waals surface area (Å²) in [7, 11) is 0. The molecule has 2 N–H and O–H groups in total. The Bertz CT molecular complexity index is 664. The van der Waals surface area contributed by atoms with Gasteiger partial charge in [0.15, 0.2) is 5.82 Å². The van der Waals surface area contributed by atoms with Crippen molar-refractivity contribution in [1.29, 1.82) is 0 Å². The predicted molar refractivity (Wildman–Crippen MR) is 80.3 cm³/mol. The van der Waals surface area contributed by atoms with Gasteiger partial charge in [-0.2, -0.15) is 0 Å². The summed E-state index contributed by atoms with van der Waals surface area (Å²) >= 11 is 0. The SMILES string of the molecule is C#CCNC(=O)CNc1cc(C)nc(-c2cccnc2)n1. The van der Waals surface area contributed by atoms with Crippen molar-refractivity contribution in [2.45, 2.75) is 6.92 Å². The summed E-state index contributed by atoms with van der Waals surface area (Å²) in [6.45, 7) is 2.18. The third-order valence-corrected chi connectivity index (χ3v) is 2.59. The lowest BCUT2D eigenvalue weighted by Crippen LogP contribution is -2.30. The molecule has 0 saturated heterocycles. The third kappa shape index (κ3) is 4.28. The van der Waals surface area contributed by atoms with Crippen LogP contribution in [0.1, 0.15) is 5.69 Å². The zero-order chi connectivity index (χ0) is 15.1. The Morgan fingerprint density at radius 3 is 3.00 bits per heavy atom. The molecule has 0 radical (unpaired) electrons. The van der Waals surface area contributed by atoms with Crippen molar-refractivity contribution in [2.24, 2.45) is 0 Å². The molecular weight excluding hydrogens is 266 g/mol. The predicted octanol–water partition coefficient (Wildman–Crippen LogP) is 1.01. The average Bonchev–Trinajstić information content (AvgIpc) is 2.51. The molecule has 0 spiro atoms. The molecule has 6 heteroatoms. The van der Waals surface area contributed by atoms with Crippen LogP contribution < -0.4 is 10.6 Å². The molecule has 0 aliphatic carbocycles. The van der Waals surface area contributed by atoms with E-state index in [-0.39, 0.29) is 19.0 Å². The van der Waals surface area contributed by atoms with Crippen LogP contribution in [0.5, 0.6) is 0 Å². The van der Waals surface area contributed by atoms with Crippen molar-refractivity contribution < 1.29 is 4.79 Å². The molecule has 21 heavy (non-hydrogen) atoms. The van der Waals surface area contributed by atoms with E-state index >= 15 is 0 Å². The summed E-state index contributed by atoms with van der Waals surface area (Å²) in [6.07, 6.45) is 8.46. The normalized spacial score (nSPS) is 9.71. The smallest absolute Gasteiger partial charge is 0.240 e. The third-order valence-electron chi connectivity index (χ3n) is 2.59. The van der Waals surface area contributed by atoms with Crippen LogP contribution in [0.2, 0.25) is 0 Å². The maximum Gasteiger partial charge on any atom is 0.240 e. The van der Waals surface area contributed by atoms with E-state index in [1.807, 2.05) is 19.1 Å². The molecule has 0 atom stereocenters. The van der Waals surface area contributed by atoms with Crippen molar-refractivity contribution in [3.05, 3.63) is 36.3 Å². The summed E-state index contributed by atoms with van der Waals surface area (Å²) in [4.78, 5) is 24.3. The molecule has 6 nitrogen and oxygen atoms in total. The number of pyridine rings is 1. The Hall–Kier alpha value is -2.94. The summed E-state index contributed by atoms with van der Waals surface area (Å²) in [5, 5.41) is 5.52. The number of terminal acetylenes is 1. The van der Waals surface area contributed by atoms with E-state index in [4.69, 9.17) is 6.42 Å². The minimum Gasteiger partial charge on any atom is -0.361 e. The second kappa shape index (κ2) is 7.01. The van der Waals surface area contributed by atoms with Gasteiger partial charge in [-0.3, -0.25) is 9.78 Å².